The topological polar surface area (TPSA) is 309 Å². The third kappa shape index (κ3) is 9.86. The maximum atomic E-state index is 13.8. The molecule has 2 aliphatic carbocycles. The summed E-state index contributed by atoms with van der Waals surface area (Å²) in [6, 6.07) is 26.4. The van der Waals surface area contributed by atoms with Gasteiger partial charge in [-0.1, -0.05) is 42.5 Å². The molecule has 0 bridgehead atoms. The van der Waals surface area contributed by atoms with Crippen LogP contribution in [0.3, 0.4) is 0 Å². The molecule has 0 heterocycles. The molecule has 0 amide bonds. The highest BCUT2D eigenvalue weighted by atomic mass is 32.2. The van der Waals surface area contributed by atoms with Gasteiger partial charge < -0.3 is 11.1 Å². The van der Waals surface area contributed by atoms with Gasteiger partial charge in [-0.3, -0.25) is 34.1 Å². The number of aryl methyl sites for hydroxylation is 1. The fourth-order valence-corrected chi connectivity index (χ4v) is 7.99. The van der Waals surface area contributed by atoms with Crippen molar-refractivity contribution in [3.8, 4) is 11.1 Å². The number of anilines is 4. The number of hydrazone groups is 2. The molecule has 0 saturated carbocycles. The predicted octanol–water partition coefficient (Wildman–Crippen LogP) is 6.95. The second-order valence-corrected chi connectivity index (χ2v) is 17.8. The predicted molar refractivity (Wildman–Crippen MR) is 236 cm³/mol. The number of nitrogens with one attached hydrogen (secondary N) is 3. The van der Waals surface area contributed by atoms with E-state index in [0.29, 0.717) is 23.2 Å². The van der Waals surface area contributed by atoms with Gasteiger partial charge in [0.15, 0.2) is 11.5 Å². The number of hydrogen-bond donors (Lipinski definition) is 7. The normalized spacial score (nSPS) is 15.6. The number of allylic oxidation sites excluding steroid dienone is 4. The van der Waals surface area contributed by atoms with Crippen LogP contribution in [0.4, 0.5) is 34.1 Å². The first kappa shape index (κ1) is 43.6. The first-order chi connectivity index (χ1) is 29.8. The molecule has 63 heavy (non-hydrogen) atoms. The maximum absolute atomic E-state index is 13.8. The number of azo groups is 1. The first-order valence-electron chi connectivity index (χ1n) is 18.1. The van der Waals surface area contributed by atoms with Crippen molar-refractivity contribution in [2.24, 2.45) is 20.4 Å². The van der Waals surface area contributed by atoms with E-state index in [1.165, 1.54) is 12.2 Å². The Bertz CT molecular complexity index is 3250. The van der Waals surface area contributed by atoms with Crippen LogP contribution in [0.25, 0.3) is 17.2 Å². The number of rotatable bonds is 12. The SMILES string of the molecule is Cc1ccccc1NC1=CC(=O)C=C/C1=N\Nc1ccc(-c2ccc(N=Nc3c(S(=O)(=O)O)cc4c(c3N)C(=O)/C(=N/Nc3ccc(S(=O)(=O)O)cc3)C(S(=O)(=O)O)=C4)cc2)cc1. The molecule has 22 heteroatoms. The summed E-state index contributed by atoms with van der Waals surface area (Å²) in [5, 5.41) is 19.5. The van der Waals surface area contributed by atoms with Crippen molar-refractivity contribution in [3.63, 3.8) is 0 Å². The lowest BCUT2D eigenvalue weighted by molar-refractivity contribution is -0.110. The third-order valence-corrected chi connectivity index (χ3v) is 11.9. The Balaban J connectivity index is 1.12. The van der Waals surface area contributed by atoms with Crippen LogP contribution in [0, 0.1) is 6.92 Å². The van der Waals surface area contributed by atoms with Crippen LogP contribution in [0.1, 0.15) is 21.5 Å². The molecule has 0 aliphatic heterocycles. The van der Waals surface area contributed by atoms with Crippen molar-refractivity contribution in [1.29, 1.82) is 0 Å². The molecule has 7 rings (SSSR count). The molecule has 0 aromatic heterocycles. The number of carbonyl (C=O) groups excluding carboxylic acids is 2. The Morgan fingerprint density at radius 2 is 1.25 bits per heavy atom. The van der Waals surface area contributed by atoms with Crippen molar-refractivity contribution >= 4 is 93.5 Å². The molecular formula is C41H32N8O11S3. The number of nitrogens with zero attached hydrogens (tertiary/aromatic N) is 4. The number of nitrogens with two attached hydrogens (primary N) is 1. The molecule has 320 valence electrons. The van der Waals surface area contributed by atoms with E-state index in [1.54, 1.807) is 42.5 Å². The van der Waals surface area contributed by atoms with Gasteiger partial charge in [0, 0.05) is 11.8 Å². The minimum Gasteiger partial charge on any atom is -0.396 e. The summed E-state index contributed by atoms with van der Waals surface area (Å²) < 4.78 is 102. The van der Waals surface area contributed by atoms with Crippen molar-refractivity contribution in [2.45, 2.75) is 16.7 Å². The maximum Gasteiger partial charge on any atom is 0.296 e. The fourth-order valence-electron chi connectivity index (χ4n) is 6.18. The van der Waals surface area contributed by atoms with E-state index in [2.05, 4.69) is 36.6 Å². The highest BCUT2D eigenvalue weighted by molar-refractivity contribution is 7.91. The molecule has 8 N–H and O–H groups in total. The number of Topliss-reactive ketones (excluding diaryl/α,β-unsaturated/α-hetero) is 1. The average Bonchev–Trinajstić information content (AvgIpc) is 3.23. The molecule has 0 spiro atoms. The summed E-state index contributed by atoms with van der Waals surface area (Å²) in [6.45, 7) is 1.95. The van der Waals surface area contributed by atoms with Gasteiger partial charge in [-0.2, -0.15) is 40.6 Å². The molecule has 0 saturated heterocycles. The van der Waals surface area contributed by atoms with Crippen LogP contribution in [-0.2, 0) is 35.1 Å². The van der Waals surface area contributed by atoms with Gasteiger partial charge in [-0.25, -0.2) is 0 Å². The third-order valence-electron chi connectivity index (χ3n) is 9.34. The summed E-state index contributed by atoms with van der Waals surface area (Å²) >= 11 is 0. The minimum atomic E-state index is -5.21. The van der Waals surface area contributed by atoms with Crippen LogP contribution in [0.2, 0.25) is 0 Å². The Morgan fingerprint density at radius 3 is 1.86 bits per heavy atom. The number of carbonyl (C=O) groups is 2. The van der Waals surface area contributed by atoms with E-state index in [0.717, 1.165) is 52.7 Å². The van der Waals surface area contributed by atoms with Crippen LogP contribution >= 0.6 is 0 Å². The van der Waals surface area contributed by atoms with Crippen LogP contribution in [0.15, 0.2) is 162 Å². The van der Waals surface area contributed by atoms with Crippen LogP contribution < -0.4 is 21.9 Å². The number of hydrogen-bond acceptors (Lipinski definition) is 16. The van der Waals surface area contributed by atoms with Crippen molar-refractivity contribution in [3.05, 3.63) is 149 Å². The first-order valence-corrected chi connectivity index (χ1v) is 22.4. The van der Waals surface area contributed by atoms with Gasteiger partial charge in [-0.15, -0.1) is 5.11 Å². The molecule has 0 unspecified atom stereocenters. The lowest BCUT2D eigenvalue weighted by Crippen LogP contribution is -2.28. The largest absolute Gasteiger partial charge is 0.396 e. The summed E-state index contributed by atoms with van der Waals surface area (Å²) in [5.41, 5.74) is 13.8. The van der Waals surface area contributed by atoms with E-state index in [-0.39, 0.29) is 17.2 Å². The Labute approximate surface area is 359 Å². The number of nitrogen functional groups attached to an aromatic ring is 1. The number of para-hydroxylation sites is 1. The quantitative estimate of drug-likeness (QED) is 0.0219. The van der Waals surface area contributed by atoms with E-state index in [1.807, 2.05) is 43.3 Å². The summed E-state index contributed by atoms with van der Waals surface area (Å²) in [4.78, 5) is 23.5. The number of benzene rings is 5. The number of fused-ring (bicyclic) bond motifs is 1. The highest BCUT2D eigenvalue weighted by Gasteiger charge is 2.37. The van der Waals surface area contributed by atoms with E-state index in [9.17, 15) is 48.5 Å². The molecule has 5 aromatic carbocycles. The molecule has 19 nitrogen and oxygen atoms in total. The van der Waals surface area contributed by atoms with E-state index in [4.69, 9.17) is 5.73 Å². The summed E-state index contributed by atoms with van der Waals surface area (Å²) in [7, 11) is -14.9. The minimum absolute atomic E-state index is 0.0185. The number of ketones is 2. The molecule has 0 radical (unpaired) electrons. The molecule has 0 atom stereocenters. The van der Waals surface area contributed by atoms with Gasteiger partial charge in [-0.05, 0) is 108 Å². The van der Waals surface area contributed by atoms with Crippen molar-refractivity contribution in [2.75, 3.05) is 21.9 Å². The monoisotopic (exact) mass is 908 g/mol. The Morgan fingerprint density at radius 1 is 0.651 bits per heavy atom. The van der Waals surface area contributed by atoms with Gasteiger partial charge in [0.2, 0.25) is 5.78 Å². The molecular weight excluding hydrogens is 877 g/mol. The zero-order valence-electron chi connectivity index (χ0n) is 32.3. The summed E-state index contributed by atoms with van der Waals surface area (Å²) in [5.74, 6) is -1.39. The lowest BCUT2D eigenvalue weighted by Gasteiger charge is -2.20. The fraction of sp³-hybridized carbons (Fsp3) is 0.0244. The highest BCUT2D eigenvalue weighted by Crippen LogP contribution is 2.41. The van der Waals surface area contributed by atoms with E-state index < -0.39 is 79.0 Å². The Hall–Kier alpha value is -7.47. The van der Waals surface area contributed by atoms with Crippen molar-refractivity contribution in [1.82, 2.24) is 0 Å². The van der Waals surface area contributed by atoms with Gasteiger partial charge >= 0.3 is 0 Å². The zero-order chi connectivity index (χ0) is 45.3. The lowest BCUT2D eigenvalue weighted by atomic mass is 9.92. The Kier molecular flexibility index (Phi) is 11.9. The smallest absolute Gasteiger partial charge is 0.296 e. The van der Waals surface area contributed by atoms with Crippen LogP contribution in [-0.4, -0.2) is 61.9 Å². The molecule has 5 aromatic rings. The standard InChI is InChI=1S/C41H32N8O11S3/c1-23-4-2-3-5-32(23)43-34-22-30(50)16-19-33(34)47-44-27-10-6-24(7-11-27)25-8-12-28(13-9-25)45-48-39-35(62(55,56)57)20-26-21-36(63(58,59)60)40(41(51)37(26)38(39)42)49-46-29-14-17-31(18-15-29)61(52,53)54/h2-22,43-44,46H,42H2,1H3,(H,52,53,54)(H,55,56,57)(H,58,59,60)/b47-33+,48-45?,49-40+. The van der Waals surface area contributed by atoms with Gasteiger partial charge in [0.25, 0.3) is 30.4 Å². The summed E-state index contributed by atoms with van der Waals surface area (Å²) in [6.07, 6.45) is 5.21. The molecule has 2 aliphatic rings. The molecule has 0 fully saturated rings. The van der Waals surface area contributed by atoms with Gasteiger partial charge in [0.1, 0.15) is 21.2 Å². The second-order valence-electron chi connectivity index (χ2n) is 13.6. The van der Waals surface area contributed by atoms with Crippen molar-refractivity contribution < 1.29 is 48.5 Å². The van der Waals surface area contributed by atoms with Crippen LogP contribution in [0.5, 0.6) is 0 Å². The van der Waals surface area contributed by atoms with E-state index >= 15 is 0 Å². The average molecular weight is 909 g/mol. The zero-order valence-corrected chi connectivity index (χ0v) is 34.8. The second kappa shape index (κ2) is 17.1. The van der Waals surface area contributed by atoms with Gasteiger partial charge in [0.05, 0.1) is 38.9 Å².